The van der Waals surface area contributed by atoms with Gasteiger partial charge in [0.1, 0.15) is 0 Å². The Bertz CT molecular complexity index is 606. The molecule has 1 aromatic carbocycles. The third-order valence-corrected chi connectivity index (χ3v) is 3.76. The SMILES string of the molecule is C/C(=C/c1c2ccccc2cc[n+]1C(C)C)C(C)C. The molecule has 100 valence electrons. The standard InChI is InChI=1S/C18H24N/c1-13(2)15(5)12-18-17-9-7-6-8-16(17)10-11-19(18)14(3)4/h6-14H,1-5H3/q+1/b15-12-. The van der Waals surface area contributed by atoms with Gasteiger partial charge in [-0.3, -0.25) is 0 Å². The first kappa shape index (κ1) is 13.8. The number of fused-ring (bicyclic) bond motifs is 1. The average Bonchev–Trinajstić information content (AvgIpc) is 2.38. The predicted octanol–water partition coefficient (Wildman–Crippen LogP) is 4.77. The number of allylic oxidation sites excluding steroid dienone is 1. The Kier molecular flexibility index (Phi) is 4.04. The molecule has 1 heterocycles. The molecule has 2 aromatic rings. The Balaban J connectivity index is 2.73. The lowest BCUT2D eigenvalue weighted by atomic mass is 10.0. The number of rotatable bonds is 3. The second-order valence-electron chi connectivity index (χ2n) is 5.83. The van der Waals surface area contributed by atoms with E-state index in [4.69, 9.17) is 0 Å². The van der Waals surface area contributed by atoms with Crippen molar-refractivity contribution in [2.75, 3.05) is 0 Å². The minimum absolute atomic E-state index is 0.468. The van der Waals surface area contributed by atoms with E-state index < -0.39 is 0 Å². The van der Waals surface area contributed by atoms with Crippen molar-refractivity contribution in [2.45, 2.75) is 40.7 Å². The maximum atomic E-state index is 2.36. The van der Waals surface area contributed by atoms with Crippen LogP contribution in [0.2, 0.25) is 0 Å². The molecule has 0 fully saturated rings. The van der Waals surface area contributed by atoms with Crippen LogP contribution in [-0.2, 0) is 0 Å². The first-order valence-electron chi connectivity index (χ1n) is 7.11. The van der Waals surface area contributed by atoms with E-state index >= 15 is 0 Å². The van der Waals surface area contributed by atoms with Crippen LogP contribution in [0.25, 0.3) is 16.8 Å². The summed E-state index contributed by atoms with van der Waals surface area (Å²) in [7, 11) is 0. The largest absolute Gasteiger partial charge is 0.213 e. The molecule has 0 atom stereocenters. The monoisotopic (exact) mass is 254 g/mol. The van der Waals surface area contributed by atoms with E-state index in [2.05, 4.69) is 81.8 Å². The lowest BCUT2D eigenvalue weighted by Gasteiger charge is -2.10. The number of hydrogen-bond acceptors (Lipinski definition) is 0. The fourth-order valence-corrected chi connectivity index (χ4v) is 2.24. The molecule has 1 heteroatoms. The van der Waals surface area contributed by atoms with E-state index in [1.54, 1.807) is 0 Å². The molecule has 0 aliphatic rings. The third-order valence-electron chi connectivity index (χ3n) is 3.76. The van der Waals surface area contributed by atoms with Crippen molar-refractivity contribution in [3.8, 4) is 0 Å². The second-order valence-corrected chi connectivity index (χ2v) is 5.83. The van der Waals surface area contributed by atoms with Crippen LogP contribution in [0.3, 0.4) is 0 Å². The van der Waals surface area contributed by atoms with Gasteiger partial charge in [0.05, 0.1) is 5.39 Å². The number of benzene rings is 1. The molecule has 0 radical (unpaired) electrons. The van der Waals surface area contributed by atoms with E-state index in [-0.39, 0.29) is 0 Å². The highest BCUT2D eigenvalue weighted by Gasteiger charge is 2.16. The van der Waals surface area contributed by atoms with Crippen LogP contribution in [0, 0.1) is 5.92 Å². The van der Waals surface area contributed by atoms with Crippen molar-refractivity contribution in [2.24, 2.45) is 5.92 Å². The van der Waals surface area contributed by atoms with Crippen LogP contribution < -0.4 is 4.57 Å². The summed E-state index contributed by atoms with van der Waals surface area (Å²) in [6.07, 6.45) is 4.54. The fourth-order valence-electron chi connectivity index (χ4n) is 2.24. The minimum Gasteiger partial charge on any atom is -0.196 e. The van der Waals surface area contributed by atoms with Gasteiger partial charge in [0.2, 0.25) is 5.69 Å². The average molecular weight is 254 g/mol. The zero-order chi connectivity index (χ0) is 14.0. The van der Waals surface area contributed by atoms with Gasteiger partial charge in [-0.05, 0) is 38.1 Å². The maximum absolute atomic E-state index is 2.36. The molecule has 0 N–H and O–H groups in total. The van der Waals surface area contributed by atoms with E-state index in [0.29, 0.717) is 12.0 Å². The second kappa shape index (κ2) is 5.56. The molecule has 0 spiro atoms. The summed E-state index contributed by atoms with van der Waals surface area (Å²) in [5, 5.41) is 2.64. The highest BCUT2D eigenvalue weighted by molar-refractivity contribution is 5.87. The van der Waals surface area contributed by atoms with Gasteiger partial charge >= 0.3 is 0 Å². The molecule has 0 aliphatic carbocycles. The maximum Gasteiger partial charge on any atom is 0.213 e. The number of nitrogens with zero attached hydrogens (tertiary/aromatic N) is 1. The van der Waals surface area contributed by atoms with Crippen LogP contribution >= 0.6 is 0 Å². The minimum atomic E-state index is 0.468. The molecule has 0 saturated heterocycles. The Labute approximate surface area is 116 Å². The van der Waals surface area contributed by atoms with Crippen molar-refractivity contribution in [3.05, 3.63) is 47.8 Å². The van der Waals surface area contributed by atoms with Crippen LogP contribution in [-0.4, -0.2) is 0 Å². The normalized spacial score (nSPS) is 12.7. The Morgan fingerprint density at radius 3 is 2.37 bits per heavy atom. The van der Waals surface area contributed by atoms with Crippen molar-refractivity contribution in [1.29, 1.82) is 0 Å². The molecule has 0 unspecified atom stereocenters. The fraction of sp³-hybridized carbons (Fsp3) is 0.389. The molecule has 0 aliphatic heterocycles. The van der Waals surface area contributed by atoms with Gasteiger partial charge in [-0.1, -0.05) is 37.6 Å². The molecule has 1 nitrogen and oxygen atoms in total. The highest BCUT2D eigenvalue weighted by Crippen LogP contribution is 2.21. The van der Waals surface area contributed by atoms with Crippen molar-refractivity contribution >= 4 is 16.8 Å². The summed E-state index contributed by atoms with van der Waals surface area (Å²) < 4.78 is 2.36. The quantitative estimate of drug-likeness (QED) is 0.695. The van der Waals surface area contributed by atoms with Crippen LogP contribution in [0.5, 0.6) is 0 Å². The molecule has 1 aromatic heterocycles. The van der Waals surface area contributed by atoms with Gasteiger partial charge in [-0.15, -0.1) is 0 Å². The van der Waals surface area contributed by atoms with Crippen LogP contribution in [0.15, 0.2) is 42.1 Å². The smallest absolute Gasteiger partial charge is 0.196 e. The summed E-state index contributed by atoms with van der Waals surface area (Å²) in [5.74, 6) is 0.583. The Hall–Kier alpha value is -1.63. The Morgan fingerprint density at radius 2 is 1.74 bits per heavy atom. The topological polar surface area (TPSA) is 3.88 Å². The summed E-state index contributed by atoms with van der Waals surface area (Å²) in [5.41, 5.74) is 2.74. The van der Waals surface area contributed by atoms with Gasteiger partial charge in [-0.25, -0.2) is 0 Å². The zero-order valence-corrected chi connectivity index (χ0v) is 12.6. The summed E-state index contributed by atoms with van der Waals surface area (Å²) in [6.45, 7) is 11.2. The number of pyridine rings is 1. The van der Waals surface area contributed by atoms with E-state index in [1.807, 2.05) is 0 Å². The van der Waals surface area contributed by atoms with Gasteiger partial charge in [-0.2, -0.15) is 4.57 Å². The predicted molar refractivity (Wildman–Crippen MR) is 83.0 cm³/mol. The van der Waals surface area contributed by atoms with Gasteiger partial charge in [0.15, 0.2) is 12.2 Å². The van der Waals surface area contributed by atoms with Crippen molar-refractivity contribution in [3.63, 3.8) is 0 Å². The van der Waals surface area contributed by atoms with Gasteiger partial charge in [0.25, 0.3) is 0 Å². The third kappa shape index (κ3) is 2.86. The summed E-state index contributed by atoms with van der Waals surface area (Å²) >= 11 is 0. The number of hydrogen-bond donors (Lipinski definition) is 0. The highest BCUT2D eigenvalue weighted by atomic mass is 15.0. The lowest BCUT2D eigenvalue weighted by Crippen LogP contribution is -2.39. The van der Waals surface area contributed by atoms with E-state index in [9.17, 15) is 0 Å². The zero-order valence-electron chi connectivity index (χ0n) is 12.6. The molecule has 19 heavy (non-hydrogen) atoms. The van der Waals surface area contributed by atoms with E-state index in [0.717, 1.165) is 0 Å². The van der Waals surface area contributed by atoms with Crippen molar-refractivity contribution in [1.82, 2.24) is 0 Å². The van der Waals surface area contributed by atoms with Crippen LogP contribution in [0.4, 0.5) is 0 Å². The summed E-state index contributed by atoms with van der Waals surface area (Å²) in [6, 6.07) is 11.3. The van der Waals surface area contributed by atoms with Crippen molar-refractivity contribution < 1.29 is 4.57 Å². The van der Waals surface area contributed by atoms with Gasteiger partial charge < -0.3 is 0 Å². The first-order valence-corrected chi connectivity index (χ1v) is 7.11. The molecule has 2 rings (SSSR count). The molecule has 0 bridgehead atoms. The molecular weight excluding hydrogens is 230 g/mol. The first-order chi connectivity index (χ1) is 9.00. The summed E-state index contributed by atoms with van der Waals surface area (Å²) in [4.78, 5) is 0. The van der Waals surface area contributed by atoms with Crippen LogP contribution in [0.1, 0.15) is 46.4 Å². The van der Waals surface area contributed by atoms with Gasteiger partial charge in [0, 0.05) is 12.1 Å². The van der Waals surface area contributed by atoms with E-state index in [1.165, 1.54) is 22.0 Å². The number of aromatic nitrogens is 1. The molecular formula is C18H24N+. The Morgan fingerprint density at radius 1 is 1.05 bits per heavy atom. The molecule has 0 saturated carbocycles. The lowest BCUT2D eigenvalue weighted by molar-refractivity contribution is -0.716. The molecule has 0 amide bonds.